The highest BCUT2D eigenvalue weighted by atomic mass is 35.5. The van der Waals surface area contributed by atoms with Crippen LogP contribution in [0.1, 0.15) is 34.0 Å². The summed E-state index contributed by atoms with van der Waals surface area (Å²) >= 11 is 7.25. The number of aromatic nitrogens is 1. The number of esters is 1. The molecule has 0 aliphatic rings. The Morgan fingerprint density at radius 1 is 1.35 bits per heavy atom. The molecule has 1 aromatic carbocycles. The number of nitrogens with zero attached hydrogens (tertiary/aromatic N) is 1. The van der Waals surface area contributed by atoms with Crippen LogP contribution in [0.15, 0.2) is 24.3 Å². The molecule has 0 bridgehead atoms. The van der Waals surface area contributed by atoms with Crippen molar-refractivity contribution in [3.8, 4) is 10.6 Å². The molecule has 2 rings (SSSR count). The van der Waals surface area contributed by atoms with Crippen molar-refractivity contribution >= 4 is 34.7 Å². The summed E-state index contributed by atoms with van der Waals surface area (Å²) in [4.78, 5) is 28.0. The van der Waals surface area contributed by atoms with Crippen LogP contribution in [0, 0.1) is 0 Å². The fourth-order valence-electron chi connectivity index (χ4n) is 1.65. The van der Waals surface area contributed by atoms with Gasteiger partial charge >= 0.3 is 5.97 Å². The molecule has 1 aromatic heterocycles. The average molecular weight is 310 g/mol. The number of halogens is 1. The third kappa shape index (κ3) is 2.89. The van der Waals surface area contributed by atoms with Gasteiger partial charge in [-0.05, 0) is 13.0 Å². The summed E-state index contributed by atoms with van der Waals surface area (Å²) in [5.41, 5.74) is 0.747. The summed E-state index contributed by atoms with van der Waals surface area (Å²) in [6, 6.07) is 7.15. The second-order valence-corrected chi connectivity index (χ2v) is 5.36. The molecule has 0 N–H and O–H groups in total. The average Bonchev–Trinajstić information content (AvgIpc) is 2.84. The Bertz CT molecular complexity index is 666. The molecule has 4 nitrogen and oxygen atoms in total. The Kier molecular flexibility index (Phi) is 4.52. The highest BCUT2D eigenvalue weighted by Crippen LogP contribution is 2.33. The standard InChI is InChI=1S/C14H12ClNO3S/c1-3-19-14(18)11-12(8(2)17)20-13(16-11)9-6-4-5-7-10(9)15/h4-7H,3H2,1-2H3. The molecule has 0 aliphatic heterocycles. The Hall–Kier alpha value is -1.72. The zero-order chi connectivity index (χ0) is 14.7. The summed E-state index contributed by atoms with van der Waals surface area (Å²) in [5, 5.41) is 1.05. The van der Waals surface area contributed by atoms with Gasteiger partial charge in [-0.3, -0.25) is 4.79 Å². The number of carbonyl (C=O) groups is 2. The van der Waals surface area contributed by atoms with Gasteiger partial charge in [0.1, 0.15) is 9.88 Å². The van der Waals surface area contributed by atoms with Crippen LogP contribution in [0.4, 0.5) is 0 Å². The van der Waals surface area contributed by atoms with Gasteiger partial charge < -0.3 is 4.74 Å². The number of ether oxygens (including phenoxy) is 1. The fraction of sp³-hybridized carbons (Fsp3) is 0.214. The summed E-state index contributed by atoms with van der Waals surface area (Å²) in [7, 11) is 0. The lowest BCUT2D eigenvalue weighted by atomic mass is 10.2. The molecule has 0 aliphatic carbocycles. The van der Waals surface area contributed by atoms with Gasteiger partial charge in [0.2, 0.25) is 0 Å². The van der Waals surface area contributed by atoms with Crippen molar-refractivity contribution in [1.82, 2.24) is 4.98 Å². The van der Waals surface area contributed by atoms with Gasteiger partial charge in [-0.25, -0.2) is 9.78 Å². The smallest absolute Gasteiger partial charge is 0.358 e. The number of ketones is 1. The molecule has 0 amide bonds. The number of carbonyl (C=O) groups excluding carboxylic acids is 2. The molecular weight excluding hydrogens is 298 g/mol. The number of thiazole rings is 1. The van der Waals surface area contributed by atoms with Crippen molar-refractivity contribution < 1.29 is 14.3 Å². The van der Waals surface area contributed by atoms with Gasteiger partial charge in [-0.15, -0.1) is 11.3 Å². The van der Waals surface area contributed by atoms with Crippen molar-refractivity contribution in [2.45, 2.75) is 13.8 Å². The molecule has 0 fully saturated rings. The van der Waals surface area contributed by atoms with Gasteiger partial charge in [-0.2, -0.15) is 0 Å². The van der Waals surface area contributed by atoms with Crippen LogP contribution in [0.25, 0.3) is 10.6 Å². The minimum absolute atomic E-state index is 0.0549. The predicted octanol–water partition coefficient (Wildman–Crippen LogP) is 3.84. The number of Topliss-reactive ketones (excluding diaryl/α,β-unsaturated/α-hetero) is 1. The Morgan fingerprint density at radius 2 is 2.05 bits per heavy atom. The summed E-state index contributed by atoms with van der Waals surface area (Å²) < 4.78 is 4.92. The van der Waals surface area contributed by atoms with E-state index in [9.17, 15) is 9.59 Å². The molecule has 1 heterocycles. The molecule has 0 unspecified atom stereocenters. The molecule has 0 radical (unpaired) electrons. The fourth-order valence-corrected chi connectivity index (χ4v) is 2.92. The van der Waals surface area contributed by atoms with Gasteiger partial charge in [0.05, 0.1) is 11.6 Å². The van der Waals surface area contributed by atoms with Crippen LogP contribution < -0.4 is 0 Å². The van der Waals surface area contributed by atoms with Crippen LogP contribution in [0.2, 0.25) is 5.02 Å². The number of hydrogen-bond acceptors (Lipinski definition) is 5. The van der Waals surface area contributed by atoms with E-state index >= 15 is 0 Å². The summed E-state index contributed by atoms with van der Waals surface area (Å²) in [5.74, 6) is -0.809. The zero-order valence-electron chi connectivity index (χ0n) is 11.0. The second kappa shape index (κ2) is 6.15. The first kappa shape index (κ1) is 14.7. The molecule has 0 saturated heterocycles. The van der Waals surface area contributed by atoms with E-state index in [2.05, 4.69) is 4.98 Å². The van der Waals surface area contributed by atoms with E-state index in [-0.39, 0.29) is 18.1 Å². The van der Waals surface area contributed by atoms with E-state index in [0.29, 0.717) is 20.5 Å². The Labute approximate surface area is 125 Å². The molecule has 0 spiro atoms. The SMILES string of the molecule is CCOC(=O)c1nc(-c2ccccc2Cl)sc1C(C)=O. The lowest BCUT2D eigenvalue weighted by Gasteiger charge is -1.99. The normalized spacial score (nSPS) is 10.3. The Morgan fingerprint density at radius 3 is 2.65 bits per heavy atom. The van der Waals surface area contributed by atoms with E-state index in [1.165, 1.54) is 6.92 Å². The summed E-state index contributed by atoms with van der Waals surface area (Å²) in [6.07, 6.45) is 0. The van der Waals surface area contributed by atoms with Crippen molar-refractivity contribution in [2.75, 3.05) is 6.61 Å². The van der Waals surface area contributed by atoms with Crippen LogP contribution >= 0.6 is 22.9 Å². The highest BCUT2D eigenvalue weighted by Gasteiger charge is 2.23. The van der Waals surface area contributed by atoms with Crippen LogP contribution in [0.3, 0.4) is 0 Å². The maximum Gasteiger partial charge on any atom is 0.358 e. The first-order chi connectivity index (χ1) is 9.54. The predicted molar refractivity (Wildman–Crippen MR) is 78.5 cm³/mol. The van der Waals surface area contributed by atoms with Gasteiger partial charge in [0.15, 0.2) is 11.5 Å². The molecule has 104 valence electrons. The van der Waals surface area contributed by atoms with E-state index in [4.69, 9.17) is 16.3 Å². The van der Waals surface area contributed by atoms with Crippen LogP contribution in [-0.4, -0.2) is 23.3 Å². The van der Waals surface area contributed by atoms with Crippen molar-refractivity contribution in [3.05, 3.63) is 39.9 Å². The number of rotatable bonds is 4. The quantitative estimate of drug-likeness (QED) is 0.636. The molecular formula is C14H12ClNO3S. The minimum atomic E-state index is -0.591. The Balaban J connectivity index is 2.53. The second-order valence-electron chi connectivity index (χ2n) is 3.95. The van der Waals surface area contributed by atoms with Gasteiger partial charge in [0, 0.05) is 12.5 Å². The number of benzene rings is 1. The lowest BCUT2D eigenvalue weighted by molar-refractivity contribution is 0.0517. The van der Waals surface area contributed by atoms with E-state index in [0.717, 1.165) is 11.3 Å². The monoisotopic (exact) mass is 309 g/mol. The first-order valence-corrected chi connectivity index (χ1v) is 7.17. The largest absolute Gasteiger partial charge is 0.461 e. The third-order valence-electron chi connectivity index (χ3n) is 2.52. The topological polar surface area (TPSA) is 56.3 Å². The molecule has 20 heavy (non-hydrogen) atoms. The minimum Gasteiger partial charge on any atom is -0.461 e. The van der Waals surface area contributed by atoms with Crippen molar-refractivity contribution in [1.29, 1.82) is 0 Å². The molecule has 2 aromatic rings. The maximum atomic E-state index is 11.8. The first-order valence-electron chi connectivity index (χ1n) is 5.98. The van der Waals surface area contributed by atoms with E-state index in [1.54, 1.807) is 25.1 Å². The highest BCUT2D eigenvalue weighted by molar-refractivity contribution is 7.17. The van der Waals surface area contributed by atoms with Gasteiger partial charge in [0.25, 0.3) is 0 Å². The van der Waals surface area contributed by atoms with Crippen LogP contribution in [0.5, 0.6) is 0 Å². The van der Waals surface area contributed by atoms with Crippen molar-refractivity contribution in [3.63, 3.8) is 0 Å². The lowest BCUT2D eigenvalue weighted by Crippen LogP contribution is -2.09. The molecule has 6 heteroatoms. The van der Waals surface area contributed by atoms with E-state index < -0.39 is 5.97 Å². The number of hydrogen-bond donors (Lipinski definition) is 0. The van der Waals surface area contributed by atoms with Crippen molar-refractivity contribution in [2.24, 2.45) is 0 Å². The zero-order valence-corrected chi connectivity index (χ0v) is 12.5. The van der Waals surface area contributed by atoms with E-state index in [1.807, 2.05) is 6.07 Å². The molecule has 0 saturated carbocycles. The third-order valence-corrected chi connectivity index (χ3v) is 4.04. The van der Waals surface area contributed by atoms with Crippen LogP contribution in [-0.2, 0) is 4.74 Å². The van der Waals surface area contributed by atoms with Gasteiger partial charge in [-0.1, -0.05) is 29.8 Å². The summed E-state index contributed by atoms with van der Waals surface area (Å²) in [6.45, 7) is 3.33. The maximum absolute atomic E-state index is 11.8. The molecule has 0 atom stereocenters.